The minimum Gasteiger partial charge on any atom is -0.366 e. The summed E-state index contributed by atoms with van der Waals surface area (Å²) in [6.45, 7) is 3.23. The Morgan fingerprint density at radius 1 is 1.24 bits per heavy atom. The van der Waals surface area contributed by atoms with Crippen molar-refractivity contribution in [1.82, 2.24) is 20.4 Å². The molecule has 2 aromatic heterocycles. The quantitative estimate of drug-likeness (QED) is 0.373. The summed E-state index contributed by atoms with van der Waals surface area (Å²) in [7, 11) is 0. The third kappa shape index (κ3) is 4.04. The summed E-state index contributed by atoms with van der Waals surface area (Å²) in [6, 6.07) is 11.8. The zero-order valence-corrected chi connectivity index (χ0v) is 18.0. The van der Waals surface area contributed by atoms with Crippen LogP contribution in [0.2, 0.25) is 0 Å². The number of nitrogens with zero attached hydrogens (tertiary/aromatic N) is 2. The zero-order valence-electron chi connectivity index (χ0n) is 18.0. The number of halogens is 1. The van der Waals surface area contributed by atoms with E-state index in [0.29, 0.717) is 48.8 Å². The monoisotopic (exact) mass is 446 g/mol. The van der Waals surface area contributed by atoms with Gasteiger partial charge in [-0.2, -0.15) is 5.48 Å². The van der Waals surface area contributed by atoms with Crippen LogP contribution in [-0.2, 0) is 24.3 Å². The predicted octanol–water partition coefficient (Wildman–Crippen LogP) is 3.36. The number of nitrogens with two attached hydrogens (primary N) is 1. The molecule has 0 unspecified atom stereocenters. The number of carbonyl (C=O) groups excluding carboxylic acids is 1. The molecule has 0 radical (unpaired) electrons. The first-order valence-electron chi connectivity index (χ1n) is 10.7. The van der Waals surface area contributed by atoms with Gasteiger partial charge in [-0.1, -0.05) is 24.3 Å². The first-order chi connectivity index (χ1) is 16.0. The number of aromatic nitrogens is 3. The molecule has 8 nitrogen and oxygen atoms in total. The van der Waals surface area contributed by atoms with Crippen molar-refractivity contribution in [3.05, 3.63) is 76.4 Å². The number of carbonyl (C=O) groups is 1. The lowest BCUT2D eigenvalue weighted by atomic mass is 10.1. The van der Waals surface area contributed by atoms with Gasteiger partial charge < -0.3 is 20.9 Å². The third-order valence-corrected chi connectivity index (χ3v) is 5.75. The van der Waals surface area contributed by atoms with E-state index < -0.39 is 5.91 Å². The summed E-state index contributed by atoms with van der Waals surface area (Å²) in [5.74, 6) is 0.403. The highest BCUT2D eigenvalue weighted by Crippen LogP contribution is 2.34. The number of hydroxylamine groups is 1. The van der Waals surface area contributed by atoms with Crippen LogP contribution < -0.4 is 16.5 Å². The topological polar surface area (TPSA) is 118 Å². The van der Waals surface area contributed by atoms with E-state index in [1.54, 1.807) is 18.2 Å². The van der Waals surface area contributed by atoms with Crippen molar-refractivity contribution in [3.63, 3.8) is 0 Å². The second-order valence-corrected chi connectivity index (χ2v) is 7.94. The molecule has 5 N–H and O–H groups in total. The Balaban J connectivity index is 1.62. The summed E-state index contributed by atoms with van der Waals surface area (Å²) in [5.41, 5.74) is 13.8. The molecule has 0 saturated carbocycles. The maximum absolute atomic E-state index is 13.6. The molecule has 9 heteroatoms. The van der Waals surface area contributed by atoms with Gasteiger partial charge in [0.05, 0.1) is 29.9 Å². The van der Waals surface area contributed by atoms with Gasteiger partial charge in [0.2, 0.25) is 0 Å². The first-order valence-corrected chi connectivity index (χ1v) is 10.7. The van der Waals surface area contributed by atoms with Gasteiger partial charge in [-0.25, -0.2) is 14.4 Å². The van der Waals surface area contributed by atoms with Crippen molar-refractivity contribution in [2.75, 3.05) is 11.9 Å². The van der Waals surface area contributed by atoms with E-state index >= 15 is 0 Å². The van der Waals surface area contributed by atoms with E-state index in [-0.39, 0.29) is 5.82 Å². The van der Waals surface area contributed by atoms with E-state index in [4.69, 9.17) is 20.5 Å². The van der Waals surface area contributed by atoms with Crippen LogP contribution in [0.1, 0.15) is 32.9 Å². The SMILES string of the molecule is Cc1[nH]c2c(C(N)=O)cccc2c1-c1nc2c(c(NCc3cccc(F)c3)n1)CCONC2. The van der Waals surface area contributed by atoms with Crippen molar-refractivity contribution in [2.45, 2.75) is 26.4 Å². The van der Waals surface area contributed by atoms with Crippen LogP contribution in [0.25, 0.3) is 22.3 Å². The van der Waals surface area contributed by atoms with Crippen molar-refractivity contribution >= 4 is 22.6 Å². The normalized spacial score (nSPS) is 13.5. The Bertz CT molecular complexity index is 1370. The molecule has 5 rings (SSSR count). The molecule has 168 valence electrons. The zero-order chi connectivity index (χ0) is 22.9. The number of amides is 1. The van der Waals surface area contributed by atoms with E-state index in [1.807, 2.05) is 19.1 Å². The van der Waals surface area contributed by atoms with Gasteiger partial charge in [0.15, 0.2) is 5.82 Å². The predicted molar refractivity (Wildman–Crippen MR) is 123 cm³/mol. The second-order valence-electron chi connectivity index (χ2n) is 7.94. The Hall–Kier alpha value is -3.82. The molecule has 2 aromatic carbocycles. The van der Waals surface area contributed by atoms with Crippen LogP contribution in [0.4, 0.5) is 10.2 Å². The highest BCUT2D eigenvalue weighted by atomic mass is 19.1. The van der Waals surface area contributed by atoms with Gasteiger partial charge in [0, 0.05) is 35.2 Å². The van der Waals surface area contributed by atoms with Gasteiger partial charge in [0.1, 0.15) is 11.6 Å². The summed E-state index contributed by atoms with van der Waals surface area (Å²) in [6.07, 6.45) is 0.632. The molecule has 3 heterocycles. The fourth-order valence-electron chi connectivity index (χ4n) is 4.22. The summed E-state index contributed by atoms with van der Waals surface area (Å²) in [5, 5.41) is 4.18. The summed E-state index contributed by atoms with van der Waals surface area (Å²) in [4.78, 5) is 30.3. The van der Waals surface area contributed by atoms with Gasteiger partial charge in [-0.3, -0.25) is 4.79 Å². The number of aryl methyl sites for hydroxylation is 1. The fraction of sp³-hybridized carbons (Fsp3) is 0.208. The maximum Gasteiger partial charge on any atom is 0.250 e. The number of hydrogen-bond donors (Lipinski definition) is 4. The molecule has 0 bridgehead atoms. The van der Waals surface area contributed by atoms with Gasteiger partial charge in [0.25, 0.3) is 5.91 Å². The molecule has 33 heavy (non-hydrogen) atoms. The fourth-order valence-corrected chi connectivity index (χ4v) is 4.22. The van der Waals surface area contributed by atoms with E-state index in [9.17, 15) is 9.18 Å². The number of fused-ring (bicyclic) bond motifs is 2. The number of aromatic amines is 1. The van der Waals surface area contributed by atoms with E-state index in [1.165, 1.54) is 12.1 Å². The minimum absolute atomic E-state index is 0.284. The molecule has 1 amide bonds. The number of primary amides is 1. The maximum atomic E-state index is 13.6. The van der Waals surface area contributed by atoms with Gasteiger partial charge in [-0.05, 0) is 30.7 Å². The first kappa shape index (κ1) is 21.0. The van der Waals surface area contributed by atoms with Gasteiger partial charge in [-0.15, -0.1) is 0 Å². The standard InChI is InChI=1S/C24H23FN6O2/c1-13-20(17-6-3-7-18(22(26)32)21(17)29-13)24-30-19-12-28-33-9-8-16(19)23(31-24)27-11-14-4-2-5-15(25)10-14/h2-7,10,28-29H,8-9,11-12H2,1H3,(H2,26,32)(H,27,30,31). The number of hydrogen-bond acceptors (Lipinski definition) is 6. The summed E-state index contributed by atoms with van der Waals surface area (Å²) >= 11 is 0. The van der Waals surface area contributed by atoms with Crippen LogP contribution in [0.5, 0.6) is 0 Å². The molecule has 0 saturated heterocycles. The molecule has 1 aliphatic rings. The van der Waals surface area contributed by atoms with Crippen molar-refractivity contribution in [2.24, 2.45) is 5.73 Å². The molecule has 0 atom stereocenters. The van der Waals surface area contributed by atoms with Crippen LogP contribution in [0.3, 0.4) is 0 Å². The molecule has 0 fully saturated rings. The smallest absolute Gasteiger partial charge is 0.250 e. The molecule has 1 aliphatic heterocycles. The number of nitrogens with one attached hydrogen (secondary N) is 3. The summed E-state index contributed by atoms with van der Waals surface area (Å²) < 4.78 is 13.6. The molecule has 4 aromatic rings. The largest absolute Gasteiger partial charge is 0.366 e. The number of rotatable bonds is 5. The van der Waals surface area contributed by atoms with Crippen LogP contribution >= 0.6 is 0 Å². The average molecular weight is 446 g/mol. The molecular weight excluding hydrogens is 423 g/mol. The number of H-pyrrole nitrogens is 1. The van der Waals surface area contributed by atoms with E-state index in [0.717, 1.165) is 33.5 Å². The Kier molecular flexibility index (Phi) is 5.49. The number of anilines is 1. The van der Waals surface area contributed by atoms with Crippen molar-refractivity contribution < 1.29 is 14.0 Å². The van der Waals surface area contributed by atoms with Crippen molar-refractivity contribution in [1.29, 1.82) is 0 Å². The number of para-hydroxylation sites is 1. The lowest BCUT2D eigenvalue weighted by molar-refractivity contribution is 0.0440. The highest BCUT2D eigenvalue weighted by Gasteiger charge is 2.22. The Labute approximate surface area is 189 Å². The highest BCUT2D eigenvalue weighted by molar-refractivity contribution is 6.09. The van der Waals surface area contributed by atoms with Crippen LogP contribution in [0.15, 0.2) is 42.5 Å². The average Bonchev–Trinajstić information content (AvgIpc) is 2.96. The molecular formula is C24H23FN6O2. The Morgan fingerprint density at radius 3 is 2.91 bits per heavy atom. The second kappa shape index (κ2) is 8.61. The number of benzene rings is 2. The lowest BCUT2D eigenvalue weighted by Crippen LogP contribution is -2.14. The van der Waals surface area contributed by atoms with Crippen molar-refractivity contribution in [3.8, 4) is 11.4 Å². The van der Waals surface area contributed by atoms with Crippen LogP contribution in [0, 0.1) is 12.7 Å². The van der Waals surface area contributed by atoms with Crippen LogP contribution in [-0.4, -0.2) is 27.5 Å². The van der Waals surface area contributed by atoms with E-state index in [2.05, 4.69) is 15.8 Å². The molecule has 0 spiro atoms. The Morgan fingerprint density at radius 2 is 2.09 bits per heavy atom. The van der Waals surface area contributed by atoms with Gasteiger partial charge >= 0.3 is 0 Å². The molecule has 0 aliphatic carbocycles. The minimum atomic E-state index is -0.505. The third-order valence-electron chi connectivity index (χ3n) is 5.75. The lowest BCUT2D eigenvalue weighted by Gasteiger charge is -2.15.